The summed E-state index contributed by atoms with van der Waals surface area (Å²) in [6.07, 6.45) is 7.97. The first kappa shape index (κ1) is 19.7. The number of amides is 1. The average molecular weight is 412 g/mol. The molecule has 29 heavy (non-hydrogen) atoms. The molecule has 152 valence electrons. The number of benzene rings is 1. The number of hydrogen-bond donors (Lipinski definition) is 0. The number of halogens is 1. The van der Waals surface area contributed by atoms with E-state index in [9.17, 15) is 4.79 Å². The van der Waals surface area contributed by atoms with E-state index >= 15 is 0 Å². The van der Waals surface area contributed by atoms with Crippen LogP contribution in [0.25, 0.3) is 5.69 Å². The van der Waals surface area contributed by atoms with Gasteiger partial charge >= 0.3 is 0 Å². The predicted octanol–water partition coefficient (Wildman–Crippen LogP) is 4.05. The highest BCUT2D eigenvalue weighted by atomic mass is 35.5. The Morgan fingerprint density at radius 3 is 2.62 bits per heavy atom. The fraction of sp³-hybridized carbons (Fsp3) is 0.409. The molecule has 3 aromatic rings. The Kier molecular flexibility index (Phi) is 5.46. The summed E-state index contributed by atoms with van der Waals surface area (Å²) < 4.78 is 4.03. The van der Waals surface area contributed by atoms with E-state index in [0.717, 1.165) is 54.1 Å². The van der Waals surface area contributed by atoms with Crippen LogP contribution in [0, 0.1) is 20.8 Å². The average Bonchev–Trinajstić information content (AvgIpc) is 3.35. The Morgan fingerprint density at radius 2 is 1.97 bits per heavy atom. The maximum absolute atomic E-state index is 13.0. The number of hydrogen-bond acceptors (Lipinski definition) is 3. The molecule has 0 radical (unpaired) electrons. The zero-order valence-corrected chi connectivity index (χ0v) is 17.9. The molecule has 0 bridgehead atoms. The van der Waals surface area contributed by atoms with Crippen LogP contribution < -0.4 is 0 Å². The van der Waals surface area contributed by atoms with Gasteiger partial charge in [-0.15, -0.1) is 0 Å². The second-order valence-electron chi connectivity index (χ2n) is 7.79. The highest BCUT2D eigenvalue weighted by Crippen LogP contribution is 2.25. The van der Waals surface area contributed by atoms with Gasteiger partial charge in [0, 0.05) is 47.8 Å². The number of likely N-dealkylation sites (tertiary alicyclic amines) is 1. The number of piperidine rings is 1. The van der Waals surface area contributed by atoms with Crippen molar-refractivity contribution in [1.82, 2.24) is 24.2 Å². The van der Waals surface area contributed by atoms with Crippen molar-refractivity contribution in [2.45, 2.75) is 46.1 Å². The molecule has 2 aromatic heterocycles. The van der Waals surface area contributed by atoms with Gasteiger partial charge in [-0.2, -0.15) is 5.10 Å². The molecule has 7 heteroatoms. The van der Waals surface area contributed by atoms with Crippen molar-refractivity contribution in [2.24, 2.45) is 0 Å². The van der Waals surface area contributed by atoms with Crippen LogP contribution in [0.5, 0.6) is 0 Å². The van der Waals surface area contributed by atoms with Crippen LogP contribution in [0.1, 0.15) is 41.4 Å². The number of carbonyl (C=O) groups excluding carboxylic acids is 1. The minimum absolute atomic E-state index is 0.168. The van der Waals surface area contributed by atoms with Crippen molar-refractivity contribution in [2.75, 3.05) is 13.1 Å². The molecule has 0 saturated carbocycles. The smallest absolute Gasteiger partial charge is 0.227 e. The van der Waals surface area contributed by atoms with Crippen molar-refractivity contribution >= 4 is 17.5 Å². The van der Waals surface area contributed by atoms with E-state index in [1.807, 2.05) is 67.3 Å². The second-order valence-corrected chi connectivity index (χ2v) is 8.20. The zero-order valence-electron chi connectivity index (χ0n) is 17.1. The number of rotatable bonds is 4. The lowest BCUT2D eigenvalue weighted by atomic mass is 10.0. The van der Waals surface area contributed by atoms with Gasteiger partial charge in [-0.3, -0.25) is 4.79 Å². The topological polar surface area (TPSA) is 56.0 Å². The molecule has 0 spiro atoms. The van der Waals surface area contributed by atoms with E-state index in [4.69, 9.17) is 11.6 Å². The molecule has 3 heterocycles. The third-order valence-electron chi connectivity index (χ3n) is 5.93. The van der Waals surface area contributed by atoms with Crippen LogP contribution in [0.2, 0.25) is 5.02 Å². The van der Waals surface area contributed by atoms with Crippen LogP contribution in [0.4, 0.5) is 0 Å². The maximum Gasteiger partial charge on any atom is 0.227 e. The third kappa shape index (κ3) is 3.94. The van der Waals surface area contributed by atoms with E-state index in [1.165, 1.54) is 0 Å². The van der Waals surface area contributed by atoms with Gasteiger partial charge in [0.25, 0.3) is 0 Å². The summed E-state index contributed by atoms with van der Waals surface area (Å²) in [4.78, 5) is 19.1. The Hall–Kier alpha value is -2.60. The van der Waals surface area contributed by atoms with Gasteiger partial charge in [-0.05, 0) is 51.3 Å². The fourth-order valence-electron chi connectivity index (χ4n) is 4.06. The van der Waals surface area contributed by atoms with Gasteiger partial charge in [-0.1, -0.05) is 17.7 Å². The molecule has 1 aliphatic rings. The van der Waals surface area contributed by atoms with Gasteiger partial charge in [0.15, 0.2) is 0 Å². The summed E-state index contributed by atoms with van der Waals surface area (Å²) in [6, 6.07) is 6.35. The van der Waals surface area contributed by atoms with Crippen LogP contribution in [-0.4, -0.2) is 43.2 Å². The Labute approximate surface area is 176 Å². The van der Waals surface area contributed by atoms with Crippen molar-refractivity contribution in [3.8, 4) is 5.69 Å². The summed E-state index contributed by atoms with van der Waals surface area (Å²) in [7, 11) is 0. The largest absolute Gasteiger partial charge is 0.342 e. The van der Waals surface area contributed by atoms with E-state index in [-0.39, 0.29) is 5.91 Å². The second kappa shape index (κ2) is 8.03. The van der Waals surface area contributed by atoms with Crippen LogP contribution in [-0.2, 0) is 11.2 Å². The standard InChI is InChI=1S/C22H26ClN5O/c1-15-4-5-19(12-21(15)23)28-17(3)20(16(2)25-28)13-22(29)26-9-6-18(7-10-26)27-11-8-24-14-27/h4-5,8,11-12,14,18H,6-7,9-10,13H2,1-3H3. The lowest BCUT2D eigenvalue weighted by Crippen LogP contribution is -2.39. The van der Waals surface area contributed by atoms with E-state index in [2.05, 4.69) is 14.6 Å². The van der Waals surface area contributed by atoms with E-state index in [0.29, 0.717) is 17.5 Å². The molecular weight excluding hydrogens is 386 g/mol. The lowest BCUT2D eigenvalue weighted by Gasteiger charge is -2.32. The van der Waals surface area contributed by atoms with Gasteiger partial charge in [0.2, 0.25) is 5.91 Å². The highest BCUT2D eigenvalue weighted by Gasteiger charge is 2.25. The molecule has 0 aliphatic carbocycles. The molecule has 4 rings (SSSR count). The molecule has 0 N–H and O–H groups in total. The van der Waals surface area contributed by atoms with Crippen molar-refractivity contribution < 1.29 is 4.79 Å². The third-order valence-corrected chi connectivity index (χ3v) is 6.34. The molecule has 1 fully saturated rings. The summed E-state index contributed by atoms with van der Waals surface area (Å²) in [5.74, 6) is 0.168. The van der Waals surface area contributed by atoms with E-state index < -0.39 is 0 Å². The number of aromatic nitrogens is 4. The molecule has 0 atom stereocenters. The van der Waals surface area contributed by atoms with Crippen molar-refractivity contribution in [3.05, 3.63) is 64.5 Å². The predicted molar refractivity (Wildman–Crippen MR) is 114 cm³/mol. The first-order chi connectivity index (χ1) is 13.9. The van der Waals surface area contributed by atoms with Gasteiger partial charge in [-0.25, -0.2) is 9.67 Å². The Morgan fingerprint density at radius 1 is 1.21 bits per heavy atom. The maximum atomic E-state index is 13.0. The molecule has 1 aromatic carbocycles. The number of carbonyl (C=O) groups is 1. The first-order valence-corrected chi connectivity index (χ1v) is 10.4. The fourth-order valence-corrected chi connectivity index (χ4v) is 4.23. The molecule has 6 nitrogen and oxygen atoms in total. The van der Waals surface area contributed by atoms with Crippen molar-refractivity contribution in [1.29, 1.82) is 0 Å². The first-order valence-electron chi connectivity index (χ1n) is 10.0. The Bertz CT molecular complexity index is 1020. The van der Waals surface area contributed by atoms with Crippen LogP contribution in [0.3, 0.4) is 0 Å². The molecule has 1 amide bonds. The van der Waals surface area contributed by atoms with Gasteiger partial charge in [0.05, 0.1) is 24.1 Å². The number of aryl methyl sites for hydroxylation is 2. The Balaban J connectivity index is 1.46. The minimum Gasteiger partial charge on any atom is -0.342 e. The molecule has 0 unspecified atom stereocenters. The summed E-state index contributed by atoms with van der Waals surface area (Å²) >= 11 is 6.29. The number of imidazole rings is 1. The SMILES string of the molecule is Cc1ccc(-n2nc(C)c(CC(=O)N3CCC(n4ccnc4)CC3)c2C)cc1Cl. The van der Waals surface area contributed by atoms with Crippen molar-refractivity contribution in [3.63, 3.8) is 0 Å². The van der Waals surface area contributed by atoms with Crippen LogP contribution >= 0.6 is 11.6 Å². The lowest BCUT2D eigenvalue weighted by molar-refractivity contribution is -0.131. The van der Waals surface area contributed by atoms with Crippen LogP contribution in [0.15, 0.2) is 36.9 Å². The summed E-state index contributed by atoms with van der Waals surface area (Å²) in [5, 5.41) is 5.39. The van der Waals surface area contributed by atoms with Gasteiger partial charge < -0.3 is 9.47 Å². The van der Waals surface area contributed by atoms with Gasteiger partial charge in [0.1, 0.15) is 0 Å². The highest BCUT2D eigenvalue weighted by molar-refractivity contribution is 6.31. The molecular formula is C22H26ClN5O. The summed E-state index contributed by atoms with van der Waals surface area (Å²) in [6.45, 7) is 7.52. The number of nitrogens with zero attached hydrogens (tertiary/aromatic N) is 5. The zero-order chi connectivity index (χ0) is 20.5. The normalized spacial score (nSPS) is 15.1. The monoisotopic (exact) mass is 411 g/mol. The molecule has 1 aliphatic heterocycles. The van der Waals surface area contributed by atoms with E-state index in [1.54, 1.807) is 0 Å². The summed E-state index contributed by atoms with van der Waals surface area (Å²) in [5.41, 5.74) is 4.83. The molecule has 1 saturated heterocycles. The minimum atomic E-state index is 0.168. The quantitative estimate of drug-likeness (QED) is 0.650.